The van der Waals surface area contributed by atoms with Crippen LogP contribution in [0.1, 0.15) is 22.1 Å². The number of nitrogens with two attached hydrogens (primary N) is 1. The van der Waals surface area contributed by atoms with Crippen molar-refractivity contribution in [2.24, 2.45) is 0 Å². The maximum Gasteiger partial charge on any atom is 0.129 e. The Hall–Kier alpha value is -0.910. The fourth-order valence-electron chi connectivity index (χ4n) is 1.45. The summed E-state index contributed by atoms with van der Waals surface area (Å²) in [5.74, 6) is 0.377. The van der Waals surface area contributed by atoms with E-state index in [4.69, 9.17) is 5.73 Å². The van der Waals surface area contributed by atoms with Gasteiger partial charge in [0.25, 0.3) is 0 Å². The third-order valence-corrected chi connectivity index (χ3v) is 3.98. The Morgan fingerprint density at radius 2 is 2.25 bits per heavy atom. The van der Waals surface area contributed by atoms with Crippen molar-refractivity contribution in [3.63, 3.8) is 0 Å². The van der Waals surface area contributed by atoms with Gasteiger partial charge in [-0.2, -0.15) is 0 Å². The number of anilines is 1. The second kappa shape index (κ2) is 4.53. The van der Waals surface area contributed by atoms with E-state index in [1.807, 2.05) is 24.4 Å². The third-order valence-electron chi connectivity index (χ3n) is 2.24. The molecule has 5 heteroatoms. The summed E-state index contributed by atoms with van der Waals surface area (Å²) in [6, 6.07) is 3.75. The summed E-state index contributed by atoms with van der Waals surface area (Å²) in [6.45, 7) is 1.92. The van der Waals surface area contributed by atoms with E-state index in [1.54, 1.807) is 6.20 Å². The van der Waals surface area contributed by atoms with Crippen LogP contribution in [-0.2, 0) is 0 Å². The van der Waals surface area contributed by atoms with E-state index < -0.39 is 6.10 Å². The normalized spacial score (nSPS) is 12.7. The first-order valence-corrected chi connectivity index (χ1v) is 6.39. The number of aliphatic hydroxyl groups excluding tert-OH is 1. The summed E-state index contributed by atoms with van der Waals surface area (Å²) in [5.41, 5.74) is 7.40. The number of aryl methyl sites for hydroxylation is 1. The highest BCUT2D eigenvalue weighted by molar-refractivity contribution is 9.10. The molecule has 0 aliphatic rings. The number of rotatable bonds is 2. The molecule has 2 aromatic rings. The van der Waals surface area contributed by atoms with Gasteiger partial charge in [-0.05, 0) is 40.5 Å². The smallest absolute Gasteiger partial charge is 0.129 e. The minimum absolute atomic E-state index is 0.377. The molecule has 0 fully saturated rings. The number of nitrogens with zero attached hydrogens (tertiary/aromatic N) is 1. The van der Waals surface area contributed by atoms with E-state index in [1.165, 1.54) is 11.3 Å². The van der Waals surface area contributed by atoms with Gasteiger partial charge in [0, 0.05) is 26.5 Å². The summed E-state index contributed by atoms with van der Waals surface area (Å²) in [6.07, 6.45) is 0.985. The van der Waals surface area contributed by atoms with Crippen molar-refractivity contribution in [1.29, 1.82) is 0 Å². The topological polar surface area (TPSA) is 59.1 Å². The summed E-state index contributed by atoms with van der Waals surface area (Å²) < 4.78 is 0.964. The van der Waals surface area contributed by atoms with Gasteiger partial charge in [0.15, 0.2) is 0 Å². The molecule has 0 bridgehead atoms. The molecule has 0 aromatic carbocycles. The van der Waals surface area contributed by atoms with E-state index in [0.717, 1.165) is 14.9 Å². The zero-order chi connectivity index (χ0) is 11.7. The fourth-order valence-corrected chi connectivity index (χ4v) is 2.89. The zero-order valence-electron chi connectivity index (χ0n) is 8.64. The predicted molar refractivity (Wildman–Crippen MR) is 69.5 cm³/mol. The molecule has 1 atom stereocenters. The van der Waals surface area contributed by atoms with Gasteiger partial charge >= 0.3 is 0 Å². The van der Waals surface area contributed by atoms with Gasteiger partial charge in [-0.1, -0.05) is 0 Å². The van der Waals surface area contributed by atoms with Crippen LogP contribution in [0.15, 0.2) is 28.2 Å². The maximum atomic E-state index is 10.2. The minimum atomic E-state index is -0.705. The van der Waals surface area contributed by atoms with Gasteiger partial charge in [-0.15, -0.1) is 11.3 Å². The maximum absolute atomic E-state index is 10.2. The quantitative estimate of drug-likeness (QED) is 0.896. The number of pyridine rings is 1. The number of hydrogen-bond acceptors (Lipinski definition) is 4. The number of thiophene rings is 1. The SMILES string of the molecule is Cc1cnc(N)c(C(O)c2cc(Br)cs2)c1. The van der Waals surface area contributed by atoms with Crippen molar-refractivity contribution in [3.05, 3.63) is 44.2 Å². The van der Waals surface area contributed by atoms with E-state index >= 15 is 0 Å². The lowest BCUT2D eigenvalue weighted by Crippen LogP contribution is -2.04. The van der Waals surface area contributed by atoms with Crippen LogP contribution >= 0.6 is 27.3 Å². The van der Waals surface area contributed by atoms with Crippen molar-refractivity contribution in [2.45, 2.75) is 13.0 Å². The molecule has 2 aromatic heterocycles. The van der Waals surface area contributed by atoms with Crippen molar-refractivity contribution in [3.8, 4) is 0 Å². The van der Waals surface area contributed by atoms with Gasteiger partial charge in [-0.3, -0.25) is 0 Å². The van der Waals surface area contributed by atoms with Crippen LogP contribution in [0, 0.1) is 6.92 Å². The number of aromatic nitrogens is 1. The van der Waals surface area contributed by atoms with Crippen molar-refractivity contribution in [1.82, 2.24) is 4.98 Å². The van der Waals surface area contributed by atoms with Crippen molar-refractivity contribution >= 4 is 33.1 Å². The van der Waals surface area contributed by atoms with Crippen LogP contribution in [0.3, 0.4) is 0 Å². The molecule has 3 N–H and O–H groups in total. The van der Waals surface area contributed by atoms with Crippen LogP contribution in [-0.4, -0.2) is 10.1 Å². The minimum Gasteiger partial charge on any atom is -0.383 e. The Kier molecular flexibility index (Phi) is 3.28. The Balaban J connectivity index is 2.40. The van der Waals surface area contributed by atoms with Crippen LogP contribution in [0.5, 0.6) is 0 Å². The molecular weight excluding hydrogens is 288 g/mol. The molecular formula is C11H11BrN2OS. The number of nitrogen functional groups attached to an aromatic ring is 1. The van der Waals surface area contributed by atoms with E-state index in [-0.39, 0.29) is 0 Å². The molecule has 0 saturated heterocycles. The molecule has 1 unspecified atom stereocenters. The monoisotopic (exact) mass is 298 g/mol. The van der Waals surface area contributed by atoms with Gasteiger partial charge in [0.1, 0.15) is 11.9 Å². The van der Waals surface area contributed by atoms with E-state index in [2.05, 4.69) is 20.9 Å². The highest BCUT2D eigenvalue weighted by atomic mass is 79.9. The summed E-state index contributed by atoms with van der Waals surface area (Å²) in [5, 5.41) is 12.1. The van der Waals surface area contributed by atoms with E-state index in [0.29, 0.717) is 11.4 Å². The fraction of sp³-hybridized carbons (Fsp3) is 0.182. The standard InChI is InChI=1S/C11H11BrN2OS/c1-6-2-8(11(13)14-4-6)10(15)9-3-7(12)5-16-9/h2-5,10,15H,1H3,(H2,13,14). The third kappa shape index (κ3) is 2.26. The van der Waals surface area contributed by atoms with Crippen molar-refractivity contribution in [2.75, 3.05) is 5.73 Å². The lowest BCUT2D eigenvalue weighted by molar-refractivity contribution is 0.224. The average molecular weight is 299 g/mol. The molecule has 16 heavy (non-hydrogen) atoms. The summed E-state index contributed by atoms with van der Waals surface area (Å²) in [7, 11) is 0. The second-order valence-corrected chi connectivity index (χ2v) is 5.42. The predicted octanol–water partition coefficient (Wildman–Crippen LogP) is 2.88. The highest BCUT2D eigenvalue weighted by Gasteiger charge is 2.16. The van der Waals surface area contributed by atoms with Gasteiger partial charge in [0.2, 0.25) is 0 Å². The largest absolute Gasteiger partial charge is 0.383 e. The number of aliphatic hydroxyl groups is 1. The average Bonchev–Trinajstić information content (AvgIpc) is 2.67. The molecule has 0 aliphatic carbocycles. The zero-order valence-corrected chi connectivity index (χ0v) is 11.0. The first-order valence-electron chi connectivity index (χ1n) is 4.72. The Morgan fingerprint density at radius 1 is 1.50 bits per heavy atom. The molecule has 0 aliphatic heterocycles. The molecule has 2 rings (SSSR count). The molecule has 0 spiro atoms. The van der Waals surface area contributed by atoms with Crippen LogP contribution < -0.4 is 5.73 Å². The van der Waals surface area contributed by atoms with Crippen molar-refractivity contribution < 1.29 is 5.11 Å². The Labute approximate surface area is 106 Å². The van der Waals surface area contributed by atoms with Gasteiger partial charge in [0.05, 0.1) is 0 Å². The lowest BCUT2D eigenvalue weighted by Gasteiger charge is -2.11. The summed E-state index contributed by atoms with van der Waals surface area (Å²) >= 11 is 4.85. The number of hydrogen-bond donors (Lipinski definition) is 2. The molecule has 2 heterocycles. The van der Waals surface area contributed by atoms with Gasteiger partial charge in [-0.25, -0.2) is 4.98 Å². The Morgan fingerprint density at radius 3 is 2.88 bits per heavy atom. The molecule has 84 valence electrons. The Bertz CT molecular complexity index is 512. The first kappa shape index (κ1) is 11.6. The second-order valence-electron chi connectivity index (χ2n) is 3.56. The molecule has 0 radical (unpaired) electrons. The summed E-state index contributed by atoms with van der Waals surface area (Å²) in [4.78, 5) is 4.90. The van der Waals surface area contributed by atoms with E-state index in [9.17, 15) is 5.11 Å². The molecule has 0 saturated carbocycles. The number of halogens is 1. The van der Waals surface area contributed by atoms with Gasteiger partial charge < -0.3 is 10.8 Å². The highest BCUT2D eigenvalue weighted by Crippen LogP contribution is 2.32. The lowest BCUT2D eigenvalue weighted by atomic mass is 10.1. The van der Waals surface area contributed by atoms with Crippen LogP contribution in [0.2, 0.25) is 0 Å². The van der Waals surface area contributed by atoms with Crippen LogP contribution in [0.4, 0.5) is 5.82 Å². The first-order chi connectivity index (χ1) is 7.58. The molecule has 0 amide bonds. The molecule has 3 nitrogen and oxygen atoms in total. The van der Waals surface area contributed by atoms with Crippen LogP contribution in [0.25, 0.3) is 0 Å².